The van der Waals surface area contributed by atoms with Crippen LogP contribution in [0.1, 0.15) is 34.6 Å². The van der Waals surface area contributed by atoms with Gasteiger partial charge in [-0.3, -0.25) is 4.79 Å². The molecule has 0 bridgehead atoms. The molecule has 0 heterocycles. The first-order valence-corrected chi connectivity index (χ1v) is 4.56. The fourth-order valence-electron chi connectivity index (χ4n) is 0.848. The Morgan fingerprint density at radius 3 is 2.31 bits per heavy atom. The maximum absolute atomic E-state index is 10.5. The van der Waals surface area contributed by atoms with E-state index in [0.29, 0.717) is 13.2 Å². The SMILES string of the molecule is CC(=O)OC(C)COCC(C)(C)C. The normalized spacial score (nSPS) is 13.9. The van der Waals surface area contributed by atoms with Crippen LogP contribution in [0.2, 0.25) is 0 Å². The van der Waals surface area contributed by atoms with Gasteiger partial charge in [-0.1, -0.05) is 20.8 Å². The van der Waals surface area contributed by atoms with Crippen LogP contribution in [0.5, 0.6) is 0 Å². The van der Waals surface area contributed by atoms with Crippen molar-refractivity contribution in [3.05, 3.63) is 0 Å². The van der Waals surface area contributed by atoms with Crippen LogP contribution in [0, 0.1) is 5.41 Å². The Bertz CT molecular complexity index is 158. The quantitative estimate of drug-likeness (QED) is 0.633. The van der Waals surface area contributed by atoms with Crippen molar-refractivity contribution in [3.8, 4) is 0 Å². The number of carbonyl (C=O) groups is 1. The molecule has 1 atom stereocenters. The maximum Gasteiger partial charge on any atom is 0.302 e. The number of hydrogen-bond acceptors (Lipinski definition) is 3. The summed E-state index contributed by atoms with van der Waals surface area (Å²) in [5.74, 6) is -0.258. The molecule has 0 amide bonds. The Morgan fingerprint density at radius 1 is 1.38 bits per heavy atom. The average molecular weight is 188 g/mol. The number of ether oxygens (including phenoxy) is 2. The second-order valence-corrected chi connectivity index (χ2v) is 4.50. The van der Waals surface area contributed by atoms with E-state index in [-0.39, 0.29) is 17.5 Å². The van der Waals surface area contributed by atoms with Gasteiger partial charge in [0.05, 0.1) is 13.2 Å². The average Bonchev–Trinajstić information content (AvgIpc) is 1.81. The molecular formula is C10H20O3. The van der Waals surface area contributed by atoms with Crippen LogP contribution in [-0.4, -0.2) is 25.3 Å². The molecule has 0 aliphatic heterocycles. The van der Waals surface area contributed by atoms with Gasteiger partial charge in [0.2, 0.25) is 0 Å². The van der Waals surface area contributed by atoms with E-state index in [0.717, 1.165) is 0 Å². The highest BCUT2D eigenvalue weighted by atomic mass is 16.6. The summed E-state index contributed by atoms with van der Waals surface area (Å²) in [4.78, 5) is 10.5. The molecule has 0 rings (SSSR count). The first-order chi connectivity index (χ1) is 5.81. The van der Waals surface area contributed by atoms with Gasteiger partial charge in [0, 0.05) is 6.92 Å². The monoisotopic (exact) mass is 188 g/mol. The summed E-state index contributed by atoms with van der Waals surface area (Å²) in [6, 6.07) is 0. The lowest BCUT2D eigenvalue weighted by molar-refractivity contribution is -0.148. The minimum absolute atomic E-state index is 0.153. The van der Waals surface area contributed by atoms with E-state index in [1.165, 1.54) is 6.92 Å². The topological polar surface area (TPSA) is 35.5 Å². The van der Waals surface area contributed by atoms with Crippen molar-refractivity contribution in [3.63, 3.8) is 0 Å². The van der Waals surface area contributed by atoms with Crippen molar-refractivity contribution < 1.29 is 14.3 Å². The molecule has 78 valence electrons. The zero-order chi connectivity index (χ0) is 10.5. The Balaban J connectivity index is 3.48. The standard InChI is InChI=1S/C10H20O3/c1-8(13-9(2)11)6-12-7-10(3,4)5/h8H,6-7H2,1-5H3. The van der Waals surface area contributed by atoms with Crippen molar-refractivity contribution in [2.45, 2.75) is 40.7 Å². The summed E-state index contributed by atoms with van der Waals surface area (Å²) in [5.41, 5.74) is 0.163. The van der Waals surface area contributed by atoms with Gasteiger partial charge in [-0.05, 0) is 12.3 Å². The summed E-state index contributed by atoms with van der Waals surface area (Å²) in [6.07, 6.45) is -0.153. The van der Waals surface area contributed by atoms with Crippen LogP contribution in [0.3, 0.4) is 0 Å². The summed E-state index contributed by atoms with van der Waals surface area (Å²) in [5, 5.41) is 0. The first kappa shape index (κ1) is 12.4. The van der Waals surface area contributed by atoms with Gasteiger partial charge in [-0.2, -0.15) is 0 Å². The summed E-state index contributed by atoms with van der Waals surface area (Å²) >= 11 is 0. The molecule has 0 aromatic carbocycles. The van der Waals surface area contributed by atoms with E-state index in [4.69, 9.17) is 9.47 Å². The Morgan fingerprint density at radius 2 is 1.92 bits per heavy atom. The Hall–Kier alpha value is -0.570. The highest BCUT2D eigenvalue weighted by Gasteiger charge is 2.12. The van der Waals surface area contributed by atoms with Gasteiger partial charge in [0.1, 0.15) is 6.10 Å². The molecule has 0 aliphatic carbocycles. The third-order valence-electron chi connectivity index (χ3n) is 1.25. The smallest absolute Gasteiger partial charge is 0.302 e. The van der Waals surface area contributed by atoms with E-state index in [1.54, 1.807) is 0 Å². The van der Waals surface area contributed by atoms with Crippen LogP contribution in [0.25, 0.3) is 0 Å². The van der Waals surface area contributed by atoms with Crippen LogP contribution in [0.15, 0.2) is 0 Å². The molecule has 3 nitrogen and oxygen atoms in total. The molecule has 0 saturated carbocycles. The van der Waals surface area contributed by atoms with Crippen molar-refractivity contribution in [1.82, 2.24) is 0 Å². The van der Waals surface area contributed by atoms with Gasteiger partial charge in [0.15, 0.2) is 0 Å². The van der Waals surface area contributed by atoms with Crippen molar-refractivity contribution >= 4 is 5.97 Å². The van der Waals surface area contributed by atoms with Crippen LogP contribution in [-0.2, 0) is 14.3 Å². The van der Waals surface area contributed by atoms with Gasteiger partial charge < -0.3 is 9.47 Å². The lowest BCUT2D eigenvalue weighted by Crippen LogP contribution is -2.22. The molecule has 0 N–H and O–H groups in total. The highest BCUT2D eigenvalue weighted by Crippen LogP contribution is 2.12. The van der Waals surface area contributed by atoms with Crippen LogP contribution in [0.4, 0.5) is 0 Å². The molecule has 0 aromatic heterocycles. The van der Waals surface area contributed by atoms with E-state index in [2.05, 4.69) is 20.8 Å². The molecule has 0 radical (unpaired) electrons. The molecule has 0 aliphatic rings. The van der Waals surface area contributed by atoms with E-state index >= 15 is 0 Å². The second-order valence-electron chi connectivity index (χ2n) is 4.50. The van der Waals surface area contributed by atoms with Gasteiger partial charge in [0.25, 0.3) is 0 Å². The zero-order valence-corrected chi connectivity index (χ0v) is 9.22. The van der Waals surface area contributed by atoms with E-state index in [9.17, 15) is 4.79 Å². The molecule has 0 saturated heterocycles. The van der Waals surface area contributed by atoms with E-state index < -0.39 is 0 Å². The zero-order valence-electron chi connectivity index (χ0n) is 9.22. The molecule has 1 unspecified atom stereocenters. The lowest BCUT2D eigenvalue weighted by Gasteiger charge is -2.19. The van der Waals surface area contributed by atoms with Crippen molar-refractivity contribution in [2.75, 3.05) is 13.2 Å². The molecule has 0 aromatic rings. The third kappa shape index (κ3) is 9.34. The van der Waals surface area contributed by atoms with Gasteiger partial charge >= 0.3 is 5.97 Å². The molecule has 13 heavy (non-hydrogen) atoms. The lowest BCUT2D eigenvalue weighted by atomic mass is 9.99. The third-order valence-corrected chi connectivity index (χ3v) is 1.25. The van der Waals surface area contributed by atoms with Crippen molar-refractivity contribution in [2.24, 2.45) is 5.41 Å². The van der Waals surface area contributed by atoms with Crippen LogP contribution >= 0.6 is 0 Å². The van der Waals surface area contributed by atoms with Crippen molar-refractivity contribution in [1.29, 1.82) is 0 Å². The predicted octanol–water partition coefficient (Wildman–Crippen LogP) is 2.00. The first-order valence-electron chi connectivity index (χ1n) is 4.56. The fourth-order valence-corrected chi connectivity index (χ4v) is 0.848. The minimum atomic E-state index is -0.258. The van der Waals surface area contributed by atoms with Crippen LogP contribution < -0.4 is 0 Å². The second kappa shape index (κ2) is 5.22. The highest BCUT2D eigenvalue weighted by molar-refractivity contribution is 5.66. The molecule has 3 heteroatoms. The number of carbonyl (C=O) groups excluding carboxylic acids is 1. The largest absolute Gasteiger partial charge is 0.460 e. The van der Waals surface area contributed by atoms with E-state index in [1.807, 2.05) is 6.92 Å². The molecule has 0 fully saturated rings. The summed E-state index contributed by atoms with van der Waals surface area (Å²) in [6.45, 7) is 10.7. The van der Waals surface area contributed by atoms with Gasteiger partial charge in [-0.25, -0.2) is 0 Å². The summed E-state index contributed by atoms with van der Waals surface area (Å²) in [7, 11) is 0. The van der Waals surface area contributed by atoms with Gasteiger partial charge in [-0.15, -0.1) is 0 Å². The number of esters is 1. The fraction of sp³-hybridized carbons (Fsp3) is 0.900. The minimum Gasteiger partial charge on any atom is -0.460 e. The molecular weight excluding hydrogens is 168 g/mol. The Labute approximate surface area is 80.4 Å². The summed E-state index contributed by atoms with van der Waals surface area (Å²) < 4.78 is 10.3. The molecule has 0 spiro atoms. The predicted molar refractivity (Wildman–Crippen MR) is 51.5 cm³/mol. The maximum atomic E-state index is 10.5. The number of hydrogen-bond donors (Lipinski definition) is 0. The Kier molecular flexibility index (Phi) is 4.99. The number of rotatable bonds is 4.